The number of nitrogens with zero attached hydrogens (tertiary/aromatic N) is 1. The Morgan fingerprint density at radius 3 is 2.33 bits per heavy atom. The summed E-state index contributed by atoms with van der Waals surface area (Å²) in [5.41, 5.74) is 0.679. The Hall–Kier alpha value is -1.35. The van der Waals surface area contributed by atoms with Gasteiger partial charge < -0.3 is 5.11 Å². The molecular weight excluding hydrogens is 226 g/mol. The maximum absolute atomic E-state index is 12.1. The standard InChI is InChI=1S/C15H21NO2/c1-11-7-12(2)9-16(8-11)10-15(18)13-3-5-14(17)6-4-13/h3-6,11-12,17H,7-10H2,1-2H3. The molecule has 1 aliphatic rings. The normalized spacial score (nSPS) is 25.0. The average molecular weight is 247 g/mol. The number of likely N-dealkylation sites (tertiary alicyclic amines) is 1. The fraction of sp³-hybridized carbons (Fsp3) is 0.533. The van der Waals surface area contributed by atoms with Crippen LogP contribution in [-0.4, -0.2) is 35.4 Å². The van der Waals surface area contributed by atoms with Crippen molar-refractivity contribution in [3.8, 4) is 5.75 Å². The van der Waals surface area contributed by atoms with E-state index in [0.29, 0.717) is 23.9 Å². The second kappa shape index (κ2) is 5.53. The zero-order valence-electron chi connectivity index (χ0n) is 11.1. The van der Waals surface area contributed by atoms with Crippen LogP contribution >= 0.6 is 0 Å². The largest absolute Gasteiger partial charge is 0.508 e. The minimum atomic E-state index is 0.135. The van der Waals surface area contributed by atoms with Gasteiger partial charge in [0, 0.05) is 18.7 Å². The molecule has 1 heterocycles. The summed E-state index contributed by atoms with van der Waals surface area (Å²) in [6.45, 7) is 6.99. The maximum atomic E-state index is 12.1. The summed E-state index contributed by atoms with van der Waals surface area (Å²) < 4.78 is 0. The topological polar surface area (TPSA) is 40.5 Å². The molecule has 0 radical (unpaired) electrons. The third kappa shape index (κ3) is 3.33. The lowest BCUT2D eigenvalue weighted by atomic mass is 9.91. The summed E-state index contributed by atoms with van der Waals surface area (Å²) in [7, 11) is 0. The smallest absolute Gasteiger partial charge is 0.176 e. The Bertz CT molecular complexity index is 403. The van der Waals surface area contributed by atoms with Crippen LogP contribution in [0.5, 0.6) is 5.75 Å². The van der Waals surface area contributed by atoms with Crippen molar-refractivity contribution in [3.63, 3.8) is 0 Å². The first-order chi connectivity index (χ1) is 8.54. The molecule has 0 saturated carbocycles. The zero-order valence-corrected chi connectivity index (χ0v) is 11.1. The van der Waals surface area contributed by atoms with Crippen LogP contribution in [0.4, 0.5) is 0 Å². The first kappa shape index (κ1) is 13.1. The molecule has 1 saturated heterocycles. The Kier molecular flexibility index (Phi) is 4.02. The van der Waals surface area contributed by atoms with E-state index in [4.69, 9.17) is 0 Å². The SMILES string of the molecule is CC1CC(C)CN(CC(=O)c2ccc(O)cc2)C1. The van der Waals surface area contributed by atoms with Crippen LogP contribution in [0.2, 0.25) is 0 Å². The molecule has 1 aromatic carbocycles. The van der Waals surface area contributed by atoms with Gasteiger partial charge in [0.2, 0.25) is 0 Å². The minimum Gasteiger partial charge on any atom is -0.508 e. The maximum Gasteiger partial charge on any atom is 0.176 e. The lowest BCUT2D eigenvalue weighted by molar-refractivity contribution is 0.0849. The van der Waals surface area contributed by atoms with E-state index < -0.39 is 0 Å². The number of Topliss-reactive ketones (excluding diaryl/α,β-unsaturated/α-hetero) is 1. The van der Waals surface area contributed by atoms with Crippen molar-refractivity contribution in [2.75, 3.05) is 19.6 Å². The molecule has 2 atom stereocenters. The van der Waals surface area contributed by atoms with E-state index in [-0.39, 0.29) is 11.5 Å². The van der Waals surface area contributed by atoms with E-state index in [9.17, 15) is 9.90 Å². The molecule has 0 bridgehead atoms. The molecular formula is C15H21NO2. The van der Waals surface area contributed by atoms with E-state index in [1.54, 1.807) is 24.3 Å². The van der Waals surface area contributed by atoms with E-state index in [1.807, 2.05) is 0 Å². The van der Waals surface area contributed by atoms with E-state index in [1.165, 1.54) is 6.42 Å². The van der Waals surface area contributed by atoms with Crippen molar-refractivity contribution in [1.82, 2.24) is 4.90 Å². The van der Waals surface area contributed by atoms with Gasteiger partial charge in [0.05, 0.1) is 6.54 Å². The Morgan fingerprint density at radius 2 is 1.78 bits per heavy atom. The zero-order chi connectivity index (χ0) is 13.1. The lowest BCUT2D eigenvalue weighted by Crippen LogP contribution is -2.41. The first-order valence-corrected chi connectivity index (χ1v) is 6.59. The van der Waals surface area contributed by atoms with Crippen LogP contribution in [0.1, 0.15) is 30.6 Å². The van der Waals surface area contributed by atoms with E-state index in [0.717, 1.165) is 13.1 Å². The summed E-state index contributed by atoms with van der Waals surface area (Å²) in [5.74, 6) is 1.67. The highest BCUT2D eigenvalue weighted by Crippen LogP contribution is 2.21. The van der Waals surface area contributed by atoms with Crippen molar-refractivity contribution < 1.29 is 9.90 Å². The van der Waals surface area contributed by atoms with Crippen molar-refractivity contribution in [2.45, 2.75) is 20.3 Å². The van der Waals surface area contributed by atoms with Crippen molar-refractivity contribution in [3.05, 3.63) is 29.8 Å². The second-order valence-corrected chi connectivity index (χ2v) is 5.61. The first-order valence-electron chi connectivity index (χ1n) is 6.59. The third-order valence-corrected chi connectivity index (χ3v) is 3.50. The quantitative estimate of drug-likeness (QED) is 0.834. The molecule has 0 amide bonds. The van der Waals surface area contributed by atoms with Crippen LogP contribution in [0.3, 0.4) is 0 Å². The number of benzene rings is 1. The summed E-state index contributed by atoms with van der Waals surface area (Å²) >= 11 is 0. The van der Waals surface area contributed by atoms with E-state index in [2.05, 4.69) is 18.7 Å². The molecule has 3 nitrogen and oxygen atoms in total. The summed E-state index contributed by atoms with van der Waals surface area (Å²) in [4.78, 5) is 14.4. The molecule has 18 heavy (non-hydrogen) atoms. The van der Waals surface area contributed by atoms with Gasteiger partial charge in [0.1, 0.15) is 5.75 Å². The average Bonchev–Trinajstić information content (AvgIpc) is 2.28. The number of piperidine rings is 1. The van der Waals surface area contributed by atoms with E-state index >= 15 is 0 Å². The molecule has 2 unspecified atom stereocenters. The molecule has 1 aliphatic heterocycles. The molecule has 98 valence electrons. The monoisotopic (exact) mass is 247 g/mol. The number of carbonyl (C=O) groups excluding carboxylic acids is 1. The second-order valence-electron chi connectivity index (χ2n) is 5.61. The molecule has 0 aliphatic carbocycles. The van der Waals surface area contributed by atoms with Crippen molar-refractivity contribution in [2.24, 2.45) is 11.8 Å². The molecule has 0 spiro atoms. The highest BCUT2D eigenvalue weighted by atomic mass is 16.3. The summed E-state index contributed by atoms with van der Waals surface area (Å²) in [6, 6.07) is 6.51. The van der Waals surface area contributed by atoms with Crippen LogP contribution in [0.25, 0.3) is 0 Å². The van der Waals surface area contributed by atoms with Crippen LogP contribution in [0, 0.1) is 11.8 Å². The number of ketones is 1. The molecule has 0 aromatic heterocycles. The Labute approximate surface area is 108 Å². The van der Waals surface area contributed by atoms with Gasteiger partial charge in [-0.2, -0.15) is 0 Å². The predicted octanol–water partition coefficient (Wildman–Crippen LogP) is 2.55. The Morgan fingerprint density at radius 1 is 1.22 bits per heavy atom. The van der Waals surface area contributed by atoms with Gasteiger partial charge in [-0.15, -0.1) is 0 Å². The number of rotatable bonds is 3. The summed E-state index contributed by atoms with van der Waals surface area (Å²) in [6.07, 6.45) is 1.25. The fourth-order valence-electron chi connectivity index (χ4n) is 2.86. The van der Waals surface area contributed by atoms with Gasteiger partial charge >= 0.3 is 0 Å². The van der Waals surface area contributed by atoms with Gasteiger partial charge in [-0.25, -0.2) is 0 Å². The fourth-order valence-corrected chi connectivity index (χ4v) is 2.86. The van der Waals surface area contributed by atoms with Crippen LogP contribution in [-0.2, 0) is 0 Å². The number of phenolic OH excluding ortho intramolecular Hbond substituents is 1. The number of hydrogen-bond acceptors (Lipinski definition) is 3. The van der Waals surface area contributed by atoms with Crippen molar-refractivity contribution in [1.29, 1.82) is 0 Å². The predicted molar refractivity (Wildman–Crippen MR) is 71.8 cm³/mol. The third-order valence-electron chi connectivity index (χ3n) is 3.50. The van der Waals surface area contributed by atoms with Crippen molar-refractivity contribution >= 4 is 5.78 Å². The van der Waals surface area contributed by atoms with Gasteiger partial charge in [-0.05, 0) is 42.5 Å². The molecule has 1 fully saturated rings. The highest BCUT2D eigenvalue weighted by molar-refractivity contribution is 5.97. The number of hydrogen-bond donors (Lipinski definition) is 1. The Balaban J connectivity index is 1.96. The number of phenols is 1. The molecule has 1 aromatic rings. The lowest BCUT2D eigenvalue weighted by Gasteiger charge is -2.34. The van der Waals surface area contributed by atoms with Gasteiger partial charge in [-0.1, -0.05) is 13.8 Å². The van der Waals surface area contributed by atoms with Crippen LogP contribution < -0.4 is 0 Å². The van der Waals surface area contributed by atoms with Gasteiger partial charge in [-0.3, -0.25) is 9.69 Å². The van der Waals surface area contributed by atoms with Gasteiger partial charge in [0.15, 0.2) is 5.78 Å². The summed E-state index contributed by atoms with van der Waals surface area (Å²) in [5, 5.41) is 9.21. The minimum absolute atomic E-state index is 0.135. The number of carbonyl (C=O) groups is 1. The number of aromatic hydroxyl groups is 1. The highest BCUT2D eigenvalue weighted by Gasteiger charge is 2.23. The molecule has 3 heteroatoms. The molecule has 2 rings (SSSR count). The molecule has 1 N–H and O–H groups in total. The van der Waals surface area contributed by atoms with Crippen LogP contribution in [0.15, 0.2) is 24.3 Å². The van der Waals surface area contributed by atoms with Gasteiger partial charge in [0.25, 0.3) is 0 Å².